The Hall–Kier alpha value is -0.610. The van der Waals surface area contributed by atoms with Gasteiger partial charge in [-0.3, -0.25) is 4.79 Å². The van der Waals surface area contributed by atoms with E-state index in [0.29, 0.717) is 6.04 Å². The Bertz CT molecular complexity index is 382. The lowest BCUT2D eigenvalue weighted by atomic mass is 9.75. The Morgan fingerprint density at radius 1 is 1.19 bits per heavy atom. The van der Waals surface area contributed by atoms with Crippen LogP contribution in [-0.4, -0.2) is 42.0 Å². The molecule has 0 aromatic heterocycles. The van der Waals surface area contributed by atoms with Crippen LogP contribution in [0.25, 0.3) is 0 Å². The van der Waals surface area contributed by atoms with Crippen molar-refractivity contribution in [1.29, 1.82) is 0 Å². The standard InChI is InChI=1S/C17H31N3O/c1-17(16(18)21,19-15-6-7-15)9-11-20-10-8-13-4-2-3-5-14(13)12-20/h13-15,19H,2-12H2,1H3,(H2,18,21). The van der Waals surface area contributed by atoms with Crippen LogP contribution < -0.4 is 11.1 Å². The van der Waals surface area contributed by atoms with E-state index in [1.807, 2.05) is 6.92 Å². The van der Waals surface area contributed by atoms with Crippen LogP contribution in [-0.2, 0) is 4.79 Å². The first-order valence-electron chi connectivity index (χ1n) is 8.87. The van der Waals surface area contributed by atoms with Gasteiger partial charge in [0.05, 0.1) is 5.54 Å². The maximum absolute atomic E-state index is 11.8. The van der Waals surface area contributed by atoms with E-state index in [4.69, 9.17) is 5.73 Å². The molecular weight excluding hydrogens is 262 g/mol. The number of primary amides is 1. The van der Waals surface area contributed by atoms with E-state index in [9.17, 15) is 4.79 Å². The molecule has 4 heteroatoms. The Kier molecular flexibility index (Phi) is 4.55. The molecule has 0 aromatic rings. The molecule has 3 fully saturated rings. The average Bonchev–Trinajstić information content (AvgIpc) is 3.28. The molecule has 0 spiro atoms. The molecule has 1 aliphatic heterocycles. The lowest BCUT2D eigenvalue weighted by molar-refractivity contribution is -0.124. The highest BCUT2D eigenvalue weighted by atomic mass is 16.1. The molecule has 3 unspecified atom stereocenters. The van der Waals surface area contributed by atoms with Gasteiger partial charge in [0.25, 0.3) is 0 Å². The summed E-state index contributed by atoms with van der Waals surface area (Å²) in [6.07, 6.45) is 10.3. The number of nitrogens with one attached hydrogen (secondary N) is 1. The van der Waals surface area contributed by atoms with E-state index >= 15 is 0 Å². The summed E-state index contributed by atoms with van der Waals surface area (Å²) >= 11 is 0. The molecular formula is C17H31N3O. The fourth-order valence-corrected chi connectivity index (χ4v) is 4.21. The van der Waals surface area contributed by atoms with Crippen LogP contribution in [0.3, 0.4) is 0 Å². The van der Waals surface area contributed by atoms with E-state index in [-0.39, 0.29) is 5.91 Å². The molecule has 1 saturated heterocycles. The zero-order valence-corrected chi connectivity index (χ0v) is 13.4. The van der Waals surface area contributed by atoms with Gasteiger partial charge in [-0.15, -0.1) is 0 Å². The third kappa shape index (κ3) is 3.78. The third-order valence-electron chi connectivity index (χ3n) is 5.95. The van der Waals surface area contributed by atoms with E-state index in [1.54, 1.807) is 0 Å². The first-order valence-corrected chi connectivity index (χ1v) is 8.87. The molecule has 2 saturated carbocycles. The quantitative estimate of drug-likeness (QED) is 0.786. The van der Waals surface area contributed by atoms with E-state index < -0.39 is 5.54 Å². The Labute approximate surface area is 128 Å². The van der Waals surface area contributed by atoms with Gasteiger partial charge in [-0.25, -0.2) is 0 Å². The van der Waals surface area contributed by atoms with Crippen LogP contribution in [0.1, 0.15) is 58.3 Å². The molecule has 4 nitrogen and oxygen atoms in total. The number of likely N-dealkylation sites (tertiary alicyclic amines) is 1. The Morgan fingerprint density at radius 2 is 1.90 bits per heavy atom. The summed E-state index contributed by atoms with van der Waals surface area (Å²) in [5.41, 5.74) is 5.13. The molecule has 3 aliphatic rings. The highest BCUT2D eigenvalue weighted by Gasteiger charge is 2.38. The summed E-state index contributed by atoms with van der Waals surface area (Å²) in [4.78, 5) is 14.4. The number of nitrogens with two attached hydrogens (primary N) is 1. The van der Waals surface area contributed by atoms with Crippen LogP contribution >= 0.6 is 0 Å². The van der Waals surface area contributed by atoms with Crippen molar-refractivity contribution in [2.45, 2.75) is 69.9 Å². The zero-order valence-electron chi connectivity index (χ0n) is 13.4. The van der Waals surface area contributed by atoms with Gasteiger partial charge in [-0.05, 0) is 57.4 Å². The zero-order chi connectivity index (χ0) is 14.9. The number of carbonyl (C=O) groups is 1. The largest absolute Gasteiger partial charge is 0.368 e. The molecule has 2 aliphatic carbocycles. The number of piperidine rings is 1. The van der Waals surface area contributed by atoms with Gasteiger partial charge in [-0.2, -0.15) is 0 Å². The van der Waals surface area contributed by atoms with Crippen LogP contribution in [0.4, 0.5) is 0 Å². The molecule has 1 heterocycles. The average molecular weight is 293 g/mol. The topological polar surface area (TPSA) is 58.4 Å². The molecule has 1 amide bonds. The van der Waals surface area contributed by atoms with Crippen LogP contribution in [0.2, 0.25) is 0 Å². The molecule has 120 valence electrons. The van der Waals surface area contributed by atoms with Crippen molar-refractivity contribution >= 4 is 5.91 Å². The number of nitrogens with zero attached hydrogens (tertiary/aromatic N) is 1. The van der Waals surface area contributed by atoms with Gasteiger partial charge >= 0.3 is 0 Å². The minimum Gasteiger partial charge on any atom is -0.368 e. The minimum atomic E-state index is -0.523. The van der Waals surface area contributed by atoms with Gasteiger partial charge in [0.2, 0.25) is 5.91 Å². The maximum Gasteiger partial charge on any atom is 0.237 e. The predicted octanol–water partition coefficient (Wildman–Crippen LogP) is 1.88. The summed E-state index contributed by atoms with van der Waals surface area (Å²) in [5.74, 6) is 1.69. The lowest BCUT2D eigenvalue weighted by Gasteiger charge is -2.42. The monoisotopic (exact) mass is 293 g/mol. The second-order valence-electron chi connectivity index (χ2n) is 7.76. The van der Waals surface area contributed by atoms with Crippen molar-refractivity contribution < 1.29 is 4.79 Å². The third-order valence-corrected chi connectivity index (χ3v) is 5.95. The molecule has 3 rings (SSSR count). The normalized spacial score (nSPS) is 33.2. The Balaban J connectivity index is 1.50. The predicted molar refractivity (Wildman–Crippen MR) is 84.9 cm³/mol. The van der Waals surface area contributed by atoms with Gasteiger partial charge in [-0.1, -0.05) is 19.3 Å². The summed E-state index contributed by atoms with van der Waals surface area (Å²) in [6, 6.07) is 0.520. The summed E-state index contributed by atoms with van der Waals surface area (Å²) in [7, 11) is 0. The summed E-state index contributed by atoms with van der Waals surface area (Å²) < 4.78 is 0. The van der Waals surface area contributed by atoms with Gasteiger partial charge in [0, 0.05) is 19.1 Å². The first kappa shape index (κ1) is 15.3. The highest BCUT2D eigenvalue weighted by molar-refractivity contribution is 5.84. The van der Waals surface area contributed by atoms with E-state index in [2.05, 4.69) is 10.2 Å². The fraction of sp³-hybridized carbons (Fsp3) is 0.941. The Morgan fingerprint density at radius 3 is 2.57 bits per heavy atom. The van der Waals surface area contributed by atoms with E-state index in [0.717, 1.165) is 24.8 Å². The van der Waals surface area contributed by atoms with Crippen LogP contribution in [0.5, 0.6) is 0 Å². The van der Waals surface area contributed by atoms with E-state index in [1.165, 1.54) is 58.0 Å². The number of rotatable bonds is 6. The molecule has 0 aromatic carbocycles. The minimum absolute atomic E-state index is 0.193. The maximum atomic E-state index is 11.8. The molecule has 3 N–H and O–H groups in total. The fourth-order valence-electron chi connectivity index (χ4n) is 4.21. The van der Waals surface area contributed by atoms with Crippen LogP contribution in [0, 0.1) is 11.8 Å². The molecule has 0 bridgehead atoms. The smallest absolute Gasteiger partial charge is 0.237 e. The molecule has 3 atom stereocenters. The van der Waals surface area contributed by atoms with Crippen LogP contribution in [0.15, 0.2) is 0 Å². The summed E-state index contributed by atoms with van der Waals surface area (Å²) in [5, 5.41) is 3.46. The van der Waals surface area contributed by atoms with Crippen molar-refractivity contribution in [2.75, 3.05) is 19.6 Å². The number of amides is 1. The lowest BCUT2D eigenvalue weighted by Crippen LogP contribution is -2.56. The van der Waals surface area contributed by atoms with Crippen molar-refractivity contribution in [3.05, 3.63) is 0 Å². The molecule has 0 radical (unpaired) electrons. The van der Waals surface area contributed by atoms with Gasteiger partial charge in [0.15, 0.2) is 0 Å². The van der Waals surface area contributed by atoms with Crippen molar-refractivity contribution in [3.63, 3.8) is 0 Å². The number of hydrogen-bond donors (Lipinski definition) is 2. The number of hydrogen-bond acceptors (Lipinski definition) is 3. The van der Waals surface area contributed by atoms with Crippen molar-refractivity contribution in [3.8, 4) is 0 Å². The van der Waals surface area contributed by atoms with Crippen molar-refractivity contribution in [1.82, 2.24) is 10.2 Å². The second-order valence-corrected chi connectivity index (χ2v) is 7.76. The van der Waals surface area contributed by atoms with Gasteiger partial charge < -0.3 is 16.0 Å². The highest BCUT2D eigenvalue weighted by Crippen LogP contribution is 2.36. The second kappa shape index (κ2) is 6.25. The van der Waals surface area contributed by atoms with Crippen molar-refractivity contribution in [2.24, 2.45) is 17.6 Å². The van der Waals surface area contributed by atoms with Gasteiger partial charge in [0.1, 0.15) is 0 Å². The number of carbonyl (C=O) groups excluding carboxylic acids is 1. The summed E-state index contributed by atoms with van der Waals surface area (Å²) in [6.45, 7) is 5.44. The first-order chi connectivity index (χ1) is 10.1. The number of fused-ring (bicyclic) bond motifs is 1. The SMILES string of the molecule is CC(CCN1CCC2CCCCC2C1)(NC1CC1)C(N)=O. The molecule has 21 heavy (non-hydrogen) atoms.